The summed E-state index contributed by atoms with van der Waals surface area (Å²) in [5, 5.41) is 3.04. The van der Waals surface area contributed by atoms with Crippen LogP contribution in [-0.2, 0) is 0 Å². The van der Waals surface area contributed by atoms with Crippen LogP contribution in [0, 0.1) is 6.92 Å². The molecule has 4 aromatic rings. The second-order valence-electron chi connectivity index (χ2n) is 7.35. The van der Waals surface area contributed by atoms with Crippen molar-refractivity contribution in [2.75, 3.05) is 0 Å². The van der Waals surface area contributed by atoms with Gasteiger partial charge in [0.15, 0.2) is 0 Å². The number of aryl methyl sites for hydroxylation is 1. The smallest absolute Gasteiger partial charge is 0.321 e. The molecule has 3 aromatic carbocycles. The highest BCUT2D eigenvalue weighted by Gasteiger charge is 2.12. The van der Waals surface area contributed by atoms with Gasteiger partial charge < -0.3 is 10.1 Å². The van der Waals surface area contributed by atoms with Gasteiger partial charge in [-0.15, -0.1) is 0 Å². The van der Waals surface area contributed by atoms with Crippen molar-refractivity contribution in [2.24, 2.45) is 0 Å². The lowest BCUT2D eigenvalue weighted by Gasteiger charge is -2.15. The Labute approximate surface area is 181 Å². The molecule has 5 nitrogen and oxygen atoms in total. The normalized spacial score (nSPS) is 11.5. The van der Waals surface area contributed by atoms with Gasteiger partial charge in [-0.3, -0.25) is 4.79 Å². The van der Waals surface area contributed by atoms with Crippen molar-refractivity contribution >= 4 is 5.91 Å². The fourth-order valence-corrected chi connectivity index (χ4v) is 3.14. The lowest BCUT2D eigenvalue weighted by Crippen LogP contribution is -2.26. The predicted molar refractivity (Wildman–Crippen MR) is 121 cm³/mol. The van der Waals surface area contributed by atoms with E-state index in [2.05, 4.69) is 15.3 Å². The topological polar surface area (TPSA) is 64.1 Å². The maximum atomic E-state index is 12.6. The molecule has 0 saturated heterocycles. The first-order valence-corrected chi connectivity index (χ1v) is 10.1. The van der Waals surface area contributed by atoms with Crippen LogP contribution in [-0.4, -0.2) is 15.9 Å². The van der Waals surface area contributed by atoms with Gasteiger partial charge in [-0.2, -0.15) is 0 Å². The Morgan fingerprint density at radius 2 is 1.48 bits per heavy atom. The molecule has 0 fully saturated rings. The summed E-state index contributed by atoms with van der Waals surface area (Å²) < 4.78 is 5.62. The van der Waals surface area contributed by atoms with Gasteiger partial charge in [0.2, 0.25) is 0 Å². The van der Waals surface area contributed by atoms with Crippen molar-refractivity contribution < 1.29 is 9.53 Å². The van der Waals surface area contributed by atoms with E-state index in [1.54, 1.807) is 24.5 Å². The van der Waals surface area contributed by atoms with Crippen LogP contribution in [0.25, 0.3) is 11.1 Å². The minimum absolute atomic E-state index is 0.0710. The van der Waals surface area contributed by atoms with Crippen molar-refractivity contribution in [3.8, 4) is 22.9 Å². The van der Waals surface area contributed by atoms with Gasteiger partial charge in [0.05, 0.1) is 6.04 Å². The molecule has 31 heavy (non-hydrogen) atoms. The Morgan fingerprint density at radius 3 is 2.13 bits per heavy atom. The number of amides is 1. The minimum atomic E-state index is -0.109. The second-order valence-corrected chi connectivity index (χ2v) is 7.35. The SMILES string of the molecule is Cc1ccc(C(C)NC(=O)c2ccc(-c3cnc(Oc4ccccc4)nc3)cc2)cc1. The van der Waals surface area contributed by atoms with Crippen LogP contribution in [0.3, 0.4) is 0 Å². The summed E-state index contributed by atoms with van der Waals surface area (Å²) in [7, 11) is 0. The number of hydrogen-bond acceptors (Lipinski definition) is 4. The third-order valence-corrected chi connectivity index (χ3v) is 4.99. The highest BCUT2D eigenvalue weighted by Crippen LogP contribution is 2.22. The molecule has 0 aliphatic rings. The van der Waals surface area contributed by atoms with E-state index in [1.165, 1.54) is 5.56 Å². The van der Waals surface area contributed by atoms with E-state index in [9.17, 15) is 4.79 Å². The molecule has 5 heteroatoms. The number of nitrogens with zero attached hydrogens (tertiary/aromatic N) is 2. The quantitative estimate of drug-likeness (QED) is 0.441. The Bertz CT molecular complexity index is 1140. The van der Waals surface area contributed by atoms with Crippen LogP contribution in [0.4, 0.5) is 0 Å². The zero-order chi connectivity index (χ0) is 21.6. The molecular weight excluding hydrogens is 386 g/mol. The first-order chi connectivity index (χ1) is 15.1. The average Bonchev–Trinajstić information content (AvgIpc) is 2.81. The van der Waals surface area contributed by atoms with E-state index in [-0.39, 0.29) is 18.0 Å². The summed E-state index contributed by atoms with van der Waals surface area (Å²) in [6, 6.07) is 25.2. The Morgan fingerprint density at radius 1 is 0.839 bits per heavy atom. The summed E-state index contributed by atoms with van der Waals surface area (Å²) in [5.74, 6) is 0.577. The first kappa shape index (κ1) is 20.3. The molecule has 0 aliphatic heterocycles. The van der Waals surface area contributed by atoms with E-state index in [4.69, 9.17) is 4.74 Å². The number of carbonyl (C=O) groups is 1. The van der Waals surface area contributed by atoms with E-state index in [1.807, 2.05) is 80.6 Å². The second kappa shape index (κ2) is 9.22. The highest BCUT2D eigenvalue weighted by molar-refractivity contribution is 5.94. The summed E-state index contributed by atoms with van der Waals surface area (Å²) in [6.45, 7) is 4.02. The summed E-state index contributed by atoms with van der Waals surface area (Å²) in [4.78, 5) is 21.2. The van der Waals surface area contributed by atoms with Crippen molar-refractivity contribution in [2.45, 2.75) is 19.9 Å². The molecule has 1 unspecified atom stereocenters. The largest absolute Gasteiger partial charge is 0.424 e. The molecule has 4 rings (SSSR count). The zero-order valence-electron chi connectivity index (χ0n) is 17.4. The number of carbonyl (C=O) groups excluding carboxylic acids is 1. The van der Waals surface area contributed by atoms with Gasteiger partial charge in [0.1, 0.15) is 5.75 Å². The maximum absolute atomic E-state index is 12.6. The number of benzene rings is 3. The summed E-state index contributed by atoms with van der Waals surface area (Å²) in [6.07, 6.45) is 3.42. The Kier molecular flexibility index (Phi) is 6.03. The lowest BCUT2D eigenvalue weighted by atomic mass is 10.0. The number of hydrogen-bond donors (Lipinski definition) is 1. The van der Waals surface area contributed by atoms with Crippen LogP contribution in [0.2, 0.25) is 0 Å². The first-order valence-electron chi connectivity index (χ1n) is 10.1. The van der Waals surface area contributed by atoms with Gasteiger partial charge in [-0.25, -0.2) is 9.97 Å². The molecule has 1 amide bonds. The molecule has 1 aromatic heterocycles. The van der Waals surface area contributed by atoms with Gasteiger partial charge in [0, 0.05) is 23.5 Å². The highest BCUT2D eigenvalue weighted by atomic mass is 16.5. The van der Waals surface area contributed by atoms with Gasteiger partial charge in [-0.1, -0.05) is 60.2 Å². The summed E-state index contributed by atoms with van der Waals surface area (Å²) >= 11 is 0. The number of rotatable bonds is 6. The maximum Gasteiger partial charge on any atom is 0.321 e. The van der Waals surface area contributed by atoms with Crippen LogP contribution >= 0.6 is 0 Å². The van der Waals surface area contributed by atoms with Gasteiger partial charge >= 0.3 is 6.01 Å². The van der Waals surface area contributed by atoms with Gasteiger partial charge in [-0.05, 0) is 49.2 Å². The predicted octanol–water partition coefficient (Wildman–Crippen LogP) is 5.74. The molecule has 1 N–H and O–H groups in total. The molecule has 0 spiro atoms. The molecule has 0 bridgehead atoms. The number of para-hydroxylation sites is 1. The minimum Gasteiger partial charge on any atom is -0.424 e. The Hall–Kier alpha value is -3.99. The van der Waals surface area contributed by atoms with E-state index in [0.29, 0.717) is 11.3 Å². The van der Waals surface area contributed by atoms with E-state index >= 15 is 0 Å². The zero-order valence-corrected chi connectivity index (χ0v) is 17.4. The molecule has 1 atom stereocenters. The fourth-order valence-electron chi connectivity index (χ4n) is 3.14. The van der Waals surface area contributed by atoms with Crippen molar-refractivity contribution in [3.63, 3.8) is 0 Å². The molecule has 154 valence electrons. The number of aromatic nitrogens is 2. The monoisotopic (exact) mass is 409 g/mol. The average molecular weight is 409 g/mol. The van der Waals surface area contributed by atoms with E-state index < -0.39 is 0 Å². The third-order valence-electron chi connectivity index (χ3n) is 4.99. The molecule has 0 saturated carbocycles. The van der Waals surface area contributed by atoms with Gasteiger partial charge in [0.25, 0.3) is 5.91 Å². The molecule has 1 heterocycles. The van der Waals surface area contributed by atoms with Crippen LogP contribution in [0.1, 0.15) is 34.5 Å². The fraction of sp³-hybridized carbons (Fsp3) is 0.115. The van der Waals surface area contributed by atoms with Crippen molar-refractivity contribution in [1.82, 2.24) is 15.3 Å². The van der Waals surface area contributed by atoms with E-state index in [0.717, 1.165) is 16.7 Å². The summed E-state index contributed by atoms with van der Waals surface area (Å²) in [5.41, 5.74) is 4.65. The standard InChI is InChI=1S/C26H23N3O2/c1-18-8-10-20(11-9-18)19(2)29-25(30)22-14-12-21(13-15-22)23-16-27-26(28-17-23)31-24-6-4-3-5-7-24/h3-17,19H,1-2H3,(H,29,30). The molecule has 0 radical (unpaired) electrons. The number of ether oxygens (including phenoxy) is 1. The van der Waals surface area contributed by atoms with Crippen LogP contribution in [0.5, 0.6) is 11.8 Å². The van der Waals surface area contributed by atoms with Crippen molar-refractivity contribution in [1.29, 1.82) is 0 Å². The molecule has 0 aliphatic carbocycles. The third kappa shape index (κ3) is 5.14. The lowest BCUT2D eigenvalue weighted by molar-refractivity contribution is 0.0940. The van der Waals surface area contributed by atoms with Crippen molar-refractivity contribution in [3.05, 3.63) is 108 Å². The Balaban J connectivity index is 1.40. The molecular formula is C26H23N3O2. The van der Waals surface area contributed by atoms with Crippen LogP contribution < -0.4 is 10.1 Å². The van der Waals surface area contributed by atoms with Crippen LogP contribution in [0.15, 0.2) is 91.3 Å². The number of nitrogens with one attached hydrogen (secondary N) is 1.